The van der Waals surface area contributed by atoms with Crippen molar-refractivity contribution in [2.45, 2.75) is 24.9 Å². The number of carbonyl (C=O) groups is 2. The highest BCUT2D eigenvalue weighted by Crippen LogP contribution is 2.27. The predicted molar refractivity (Wildman–Crippen MR) is 87.3 cm³/mol. The molecule has 0 radical (unpaired) electrons. The van der Waals surface area contributed by atoms with E-state index in [-0.39, 0.29) is 24.2 Å². The molecule has 25 heavy (non-hydrogen) atoms. The first-order valence-electron chi connectivity index (χ1n) is 8.36. The number of H-pyrrole nitrogens is 1. The summed E-state index contributed by atoms with van der Waals surface area (Å²) in [7, 11) is 0. The van der Waals surface area contributed by atoms with E-state index in [1.54, 1.807) is 11.0 Å². The summed E-state index contributed by atoms with van der Waals surface area (Å²) in [4.78, 5) is 32.9. The number of halogens is 1. The Balaban J connectivity index is 1.35. The lowest BCUT2D eigenvalue weighted by Gasteiger charge is -2.33. The number of nitrogens with one attached hydrogen (secondary N) is 2. The van der Waals surface area contributed by atoms with Crippen LogP contribution < -0.4 is 5.32 Å². The van der Waals surface area contributed by atoms with Crippen LogP contribution in [0.15, 0.2) is 18.2 Å². The van der Waals surface area contributed by atoms with Gasteiger partial charge in [-0.3, -0.25) is 9.59 Å². The Morgan fingerprint density at radius 1 is 1.44 bits per heavy atom. The van der Waals surface area contributed by atoms with Crippen LogP contribution >= 0.6 is 0 Å². The second-order valence-corrected chi connectivity index (χ2v) is 6.66. The third-order valence-corrected chi connectivity index (χ3v) is 4.85. The number of aromatic amines is 1. The van der Waals surface area contributed by atoms with Gasteiger partial charge in [0.05, 0.1) is 17.6 Å². The number of aromatic nitrogens is 2. The summed E-state index contributed by atoms with van der Waals surface area (Å²) in [6.45, 7) is 1.62. The van der Waals surface area contributed by atoms with Crippen LogP contribution in [0.4, 0.5) is 4.39 Å². The van der Waals surface area contributed by atoms with Crippen molar-refractivity contribution in [2.75, 3.05) is 26.2 Å². The maximum atomic E-state index is 13.2. The van der Waals surface area contributed by atoms with Crippen molar-refractivity contribution >= 4 is 22.8 Å². The number of benzene rings is 1. The molecule has 8 heteroatoms. The lowest BCUT2D eigenvalue weighted by molar-refractivity contribution is -0.143. The van der Waals surface area contributed by atoms with Crippen molar-refractivity contribution < 1.29 is 18.7 Å². The number of amides is 2. The first-order chi connectivity index (χ1) is 12.0. The molecule has 0 aliphatic carbocycles. The maximum absolute atomic E-state index is 13.2. The van der Waals surface area contributed by atoms with E-state index in [2.05, 4.69) is 15.3 Å². The zero-order chi connectivity index (χ0) is 17.4. The number of likely N-dealkylation sites (tertiary alicyclic amines) is 1. The summed E-state index contributed by atoms with van der Waals surface area (Å²) in [5, 5.41) is 2.80. The van der Waals surface area contributed by atoms with E-state index in [9.17, 15) is 14.0 Å². The van der Waals surface area contributed by atoms with Gasteiger partial charge < -0.3 is 19.9 Å². The summed E-state index contributed by atoms with van der Waals surface area (Å²) in [5.41, 5.74) is 0.879. The topological polar surface area (TPSA) is 87.3 Å². The first kappa shape index (κ1) is 16.0. The van der Waals surface area contributed by atoms with Crippen molar-refractivity contribution in [2.24, 2.45) is 0 Å². The number of imidazole rings is 1. The Morgan fingerprint density at radius 2 is 2.32 bits per heavy atom. The summed E-state index contributed by atoms with van der Waals surface area (Å²) in [5.74, 6) is 0.269. The highest BCUT2D eigenvalue weighted by Gasteiger charge is 2.43. The number of hydrogen-bond acceptors (Lipinski definition) is 4. The van der Waals surface area contributed by atoms with E-state index in [1.165, 1.54) is 12.1 Å². The molecule has 0 bridgehead atoms. The van der Waals surface area contributed by atoms with Gasteiger partial charge in [0.25, 0.3) is 0 Å². The molecular formula is C17H19FN4O3. The number of rotatable bonds is 3. The summed E-state index contributed by atoms with van der Waals surface area (Å²) >= 11 is 0. The molecule has 1 atom stereocenters. The zero-order valence-electron chi connectivity index (χ0n) is 13.7. The highest BCUT2D eigenvalue weighted by molar-refractivity contribution is 5.79. The van der Waals surface area contributed by atoms with Gasteiger partial charge in [0.1, 0.15) is 23.8 Å². The second-order valence-electron chi connectivity index (χ2n) is 6.66. The third kappa shape index (κ3) is 3.21. The minimum atomic E-state index is -0.444. The van der Waals surface area contributed by atoms with Crippen molar-refractivity contribution in [1.29, 1.82) is 0 Å². The minimum absolute atomic E-state index is 0.0315. The zero-order valence-corrected chi connectivity index (χ0v) is 13.7. The lowest BCUT2D eigenvalue weighted by atomic mass is 10.0. The molecule has 1 spiro atoms. The predicted octanol–water partition coefficient (Wildman–Crippen LogP) is 0.752. The molecule has 2 amide bonds. The van der Waals surface area contributed by atoms with Crippen molar-refractivity contribution in [3.63, 3.8) is 0 Å². The SMILES string of the molecule is O=C1COC2(CCN(C(=O)CCc3nc4ccc(F)cc4[nH]3)C2)CN1. The van der Waals surface area contributed by atoms with Crippen LogP contribution in [0.3, 0.4) is 0 Å². The average Bonchev–Trinajstić information content (AvgIpc) is 3.19. The van der Waals surface area contributed by atoms with E-state index in [1.807, 2.05) is 0 Å². The molecule has 2 fully saturated rings. The van der Waals surface area contributed by atoms with E-state index in [0.29, 0.717) is 49.3 Å². The molecule has 2 aliphatic heterocycles. The quantitative estimate of drug-likeness (QED) is 0.859. The molecular weight excluding hydrogens is 327 g/mol. The minimum Gasteiger partial charge on any atom is -0.361 e. The molecule has 4 rings (SSSR count). The molecule has 1 aromatic carbocycles. The molecule has 1 unspecified atom stereocenters. The van der Waals surface area contributed by atoms with Gasteiger partial charge in [0, 0.05) is 25.9 Å². The van der Waals surface area contributed by atoms with E-state index in [0.717, 1.165) is 6.42 Å². The second kappa shape index (κ2) is 6.11. The number of aryl methyl sites for hydroxylation is 1. The number of nitrogens with zero attached hydrogens (tertiary/aromatic N) is 2. The monoisotopic (exact) mass is 346 g/mol. The number of fused-ring (bicyclic) bond motifs is 1. The molecule has 2 aromatic rings. The van der Waals surface area contributed by atoms with E-state index >= 15 is 0 Å². The van der Waals surface area contributed by atoms with Crippen molar-refractivity contribution in [3.8, 4) is 0 Å². The van der Waals surface area contributed by atoms with Crippen LogP contribution in [0.25, 0.3) is 11.0 Å². The summed E-state index contributed by atoms with van der Waals surface area (Å²) < 4.78 is 18.9. The van der Waals surface area contributed by atoms with Gasteiger partial charge in [-0.1, -0.05) is 0 Å². The number of morpholine rings is 1. The fourth-order valence-corrected chi connectivity index (χ4v) is 3.44. The molecule has 0 saturated carbocycles. The Hall–Kier alpha value is -2.48. The van der Waals surface area contributed by atoms with Gasteiger partial charge >= 0.3 is 0 Å². The molecule has 2 saturated heterocycles. The Bertz CT molecular complexity index is 824. The van der Waals surface area contributed by atoms with Crippen LogP contribution in [-0.4, -0.2) is 58.5 Å². The van der Waals surface area contributed by atoms with Gasteiger partial charge in [-0.25, -0.2) is 9.37 Å². The highest BCUT2D eigenvalue weighted by atomic mass is 19.1. The Kier molecular flexibility index (Phi) is 3.91. The lowest BCUT2D eigenvalue weighted by Crippen LogP contribution is -2.54. The number of hydrogen-bond donors (Lipinski definition) is 2. The number of carbonyl (C=O) groups excluding carboxylic acids is 2. The molecule has 7 nitrogen and oxygen atoms in total. The maximum Gasteiger partial charge on any atom is 0.246 e. The van der Waals surface area contributed by atoms with Gasteiger partial charge in [0.2, 0.25) is 11.8 Å². The summed E-state index contributed by atoms with van der Waals surface area (Å²) in [6.07, 6.45) is 1.52. The smallest absolute Gasteiger partial charge is 0.246 e. The van der Waals surface area contributed by atoms with Crippen LogP contribution in [0, 0.1) is 5.82 Å². The fourth-order valence-electron chi connectivity index (χ4n) is 3.44. The average molecular weight is 346 g/mol. The first-order valence-corrected chi connectivity index (χ1v) is 8.36. The van der Waals surface area contributed by atoms with Crippen LogP contribution in [-0.2, 0) is 20.7 Å². The Morgan fingerprint density at radius 3 is 3.12 bits per heavy atom. The molecule has 3 heterocycles. The Labute approximate surface area is 143 Å². The van der Waals surface area contributed by atoms with Crippen LogP contribution in [0.2, 0.25) is 0 Å². The molecule has 1 aromatic heterocycles. The fraction of sp³-hybridized carbons (Fsp3) is 0.471. The van der Waals surface area contributed by atoms with Crippen LogP contribution in [0.1, 0.15) is 18.7 Å². The summed E-state index contributed by atoms with van der Waals surface area (Å²) in [6, 6.07) is 4.38. The largest absolute Gasteiger partial charge is 0.361 e. The van der Waals surface area contributed by atoms with Gasteiger partial charge in [-0.05, 0) is 24.6 Å². The standard InChI is InChI=1S/C17H19FN4O3/c18-11-1-2-12-13(7-11)21-14(20-12)3-4-16(24)22-6-5-17(10-22)9-19-15(23)8-25-17/h1-2,7H,3-6,8-10H2,(H,19,23)(H,20,21). The molecule has 2 N–H and O–H groups in total. The molecule has 132 valence electrons. The van der Waals surface area contributed by atoms with Gasteiger partial charge in [-0.2, -0.15) is 0 Å². The van der Waals surface area contributed by atoms with Gasteiger partial charge in [0.15, 0.2) is 0 Å². The normalized spacial score (nSPS) is 23.4. The van der Waals surface area contributed by atoms with E-state index in [4.69, 9.17) is 4.74 Å². The van der Waals surface area contributed by atoms with Crippen LogP contribution in [0.5, 0.6) is 0 Å². The van der Waals surface area contributed by atoms with Gasteiger partial charge in [-0.15, -0.1) is 0 Å². The van der Waals surface area contributed by atoms with Crippen molar-refractivity contribution in [3.05, 3.63) is 29.8 Å². The molecule has 2 aliphatic rings. The van der Waals surface area contributed by atoms with E-state index < -0.39 is 5.60 Å². The number of ether oxygens (including phenoxy) is 1. The third-order valence-electron chi connectivity index (χ3n) is 4.85. The van der Waals surface area contributed by atoms with Crippen molar-refractivity contribution in [1.82, 2.24) is 20.2 Å².